The van der Waals surface area contributed by atoms with E-state index in [0.717, 1.165) is 4.31 Å². The molecular weight excluding hydrogens is 388 g/mol. The number of pyridine rings is 1. The fourth-order valence-corrected chi connectivity index (χ4v) is 4.59. The molecule has 4 rings (SSSR count). The highest BCUT2D eigenvalue weighted by Gasteiger charge is 2.49. The molecule has 26 heavy (non-hydrogen) atoms. The zero-order chi connectivity index (χ0) is 18.7. The smallest absolute Gasteiger partial charge is 0.275 e. The zero-order valence-electron chi connectivity index (χ0n) is 13.1. The molecule has 2 aromatic heterocycles. The fourth-order valence-electron chi connectivity index (χ4n) is 2.72. The molecule has 3 N–H and O–H groups in total. The first kappa shape index (κ1) is 17.1. The first-order chi connectivity index (χ1) is 12.2. The van der Waals surface area contributed by atoms with Crippen LogP contribution in [0.15, 0.2) is 35.2 Å². The van der Waals surface area contributed by atoms with Crippen molar-refractivity contribution >= 4 is 38.5 Å². The van der Waals surface area contributed by atoms with Crippen molar-refractivity contribution in [3.8, 4) is 11.3 Å². The SMILES string of the molecule is Nc1n[nH]c2ccc(-c3ccc(S(=O)(=O)N4CC(F)(F)C4)cc3Cl)nc12. The summed E-state index contributed by atoms with van der Waals surface area (Å²) in [6.45, 7) is -1.65. The molecule has 0 radical (unpaired) electrons. The molecule has 0 unspecified atom stereocenters. The predicted octanol–water partition coefficient (Wildman–Crippen LogP) is 2.50. The largest absolute Gasteiger partial charge is 0.380 e. The lowest BCUT2D eigenvalue weighted by Crippen LogP contribution is -2.58. The van der Waals surface area contributed by atoms with Gasteiger partial charge in [-0.25, -0.2) is 22.2 Å². The van der Waals surface area contributed by atoms with Gasteiger partial charge >= 0.3 is 0 Å². The average Bonchev–Trinajstić information content (AvgIpc) is 2.93. The summed E-state index contributed by atoms with van der Waals surface area (Å²) in [6.07, 6.45) is 0. The number of sulfonamides is 1. The van der Waals surface area contributed by atoms with Crippen molar-refractivity contribution in [1.82, 2.24) is 19.5 Å². The van der Waals surface area contributed by atoms with E-state index in [1.165, 1.54) is 18.2 Å². The van der Waals surface area contributed by atoms with E-state index in [0.29, 0.717) is 22.3 Å². The highest BCUT2D eigenvalue weighted by atomic mass is 35.5. The Kier molecular flexibility index (Phi) is 3.69. The van der Waals surface area contributed by atoms with E-state index in [9.17, 15) is 17.2 Å². The minimum atomic E-state index is -4.01. The number of H-pyrrole nitrogens is 1. The number of fused-ring (bicyclic) bond motifs is 1. The normalized spacial score (nSPS) is 17.3. The average molecular weight is 400 g/mol. The topological polar surface area (TPSA) is 105 Å². The third-order valence-corrected chi connectivity index (χ3v) is 6.20. The highest BCUT2D eigenvalue weighted by molar-refractivity contribution is 7.89. The van der Waals surface area contributed by atoms with Gasteiger partial charge in [-0.15, -0.1) is 0 Å². The van der Waals surface area contributed by atoms with Gasteiger partial charge in [-0.2, -0.15) is 9.40 Å². The van der Waals surface area contributed by atoms with Gasteiger partial charge in [-0.1, -0.05) is 11.6 Å². The lowest BCUT2D eigenvalue weighted by molar-refractivity contribution is -0.0945. The maximum Gasteiger partial charge on any atom is 0.275 e. The molecule has 1 aliphatic rings. The van der Waals surface area contributed by atoms with Crippen LogP contribution in [-0.2, 0) is 10.0 Å². The van der Waals surface area contributed by atoms with Crippen LogP contribution in [0.1, 0.15) is 0 Å². The van der Waals surface area contributed by atoms with Gasteiger partial charge in [0, 0.05) is 5.56 Å². The summed E-state index contributed by atoms with van der Waals surface area (Å²) in [7, 11) is -4.01. The monoisotopic (exact) mass is 399 g/mol. The van der Waals surface area contributed by atoms with Gasteiger partial charge in [0.05, 0.1) is 34.2 Å². The Labute approximate surface area is 151 Å². The van der Waals surface area contributed by atoms with Crippen molar-refractivity contribution in [2.24, 2.45) is 0 Å². The van der Waals surface area contributed by atoms with Gasteiger partial charge < -0.3 is 5.73 Å². The molecule has 11 heteroatoms. The van der Waals surface area contributed by atoms with E-state index >= 15 is 0 Å². The second-order valence-corrected chi connectivity index (χ2v) is 8.32. The summed E-state index contributed by atoms with van der Waals surface area (Å²) in [5.41, 5.74) is 7.83. The Hall–Kier alpha value is -2.30. The van der Waals surface area contributed by atoms with Crippen LogP contribution in [0, 0.1) is 0 Å². The summed E-state index contributed by atoms with van der Waals surface area (Å²) in [5, 5.41) is 6.71. The van der Waals surface area contributed by atoms with Crippen LogP contribution in [0.4, 0.5) is 14.6 Å². The molecule has 0 amide bonds. The van der Waals surface area contributed by atoms with E-state index in [4.69, 9.17) is 17.3 Å². The molecule has 0 atom stereocenters. The van der Waals surface area contributed by atoms with Crippen molar-refractivity contribution in [3.63, 3.8) is 0 Å². The van der Waals surface area contributed by atoms with Gasteiger partial charge in [-0.3, -0.25) is 5.10 Å². The summed E-state index contributed by atoms with van der Waals surface area (Å²) in [4.78, 5) is 4.23. The number of nitrogens with zero attached hydrogens (tertiary/aromatic N) is 3. The second-order valence-electron chi connectivity index (χ2n) is 5.97. The number of nitrogens with two attached hydrogens (primary N) is 1. The number of hydrogen-bond acceptors (Lipinski definition) is 5. The molecule has 1 aromatic carbocycles. The van der Waals surface area contributed by atoms with Crippen LogP contribution < -0.4 is 5.73 Å². The summed E-state index contributed by atoms with van der Waals surface area (Å²) < 4.78 is 51.4. The first-order valence-corrected chi connectivity index (χ1v) is 9.28. The Morgan fingerprint density at radius 3 is 2.62 bits per heavy atom. The van der Waals surface area contributed by atoms with Crippen LogP contribution in [0.2, 0.25) is 5.02 Å². The maximum atomic E-state index is 13.0. The minimum Gasteiger partial charge on any atom is -0.380 e. The van der Waals surface area contributed by atoms with Gasteiger partial charge in [0.2, 0.25) is 10.0 Å². The summed E-state index contributed by atoms with van der Waals surface area (Å²) in [6, 6.07) is 7.44. The van der Waals surface area contributed by atoms with Gasteiger partial charge in [0.1, 0.15) is 5.52 Å². The standard InChI is InChI=1S/C15H12ClF2N5O2S/c16-10-5-8(26(24,25)23-6-15(17,18)7-23)1-2-9(10)11-3-4-12-13(20-11)14(19)22-21-12/h1-5H,6-7H2,(H3,19,21,22). The number of alkyl halides is 2. The highest BCUT2D eigenvalue weighted by Crippen LogP contribution is 2.35. The van der Waals surface area contributed by atoms with Crippen LogP contribution in [0.3, 0.4) is 0 Å². The molecule has 1 aliphatic heterocycles. The molecule has 3 heterocycles. The van der Waals surface area contributed by atoms with Gasteiger partial charge in [0.25, 0.3) is 5.92 Å². The third kappa shape index (κ3) is 2.70. The quantitative estimate of drug-likeness (QED) is 0.704. The van der Waals surface area contributed by atoms with Crippen molar-refractivity contribution < 1.29 is 17.2 Å². The van der Waals surface area contributed by atoms with Gasteiger partial charge in [0.15, 0.2) is 5.82 Å². The Balaban J connectivity index is 1.70. The van der Waals surface area contributed by atoms with Crippen LogP contribution in [-0.4, -0.2) is 46.9 Å². The lowest BCUT2D eigenvalue weighted by atomic mass is 10.1. The number of hydrogen-bond donors (Lipinski definition) is 2. The van der Waals surface area contributed by atoms with Gasteiger partial charge in [-0.05, 0) is 30.3 Å². The molecule has 136 valence electrons. The Morgan fingerprint density at radius 2 is 1.96 bits per heavy atom. The molecule has 0 saturated carbocycles. The number of halogens is 3. The number of nitrogens with one attached hydrogen (secondary N) is 1. The fraction of sp³-hybridized carbons (Fsp3) is 0.200. The number of benzene rings is 1. The number of aromatic amines is 1. The van der Waals surface area contributed by atoms with Crippen LogP contribution in [0.25, 0.3) is 22.3 Å². The molecule has 7 nitrogen and oxygen atoms in total. The number of anilines is 1. The molecule has 0 aliphatic carbocycles. The molecule has 0 spiro atoms. The van der Waals surface area contributed by atoms with Crippen molar-refractivity contribution in [2.45, 2.75) is 10.8 Å². The summed E-state index contributed by atoms with van der Waals surface area (Å²) in [5.74, 6) is -2.75. The van der Waals surface area contributed by atoms with Crippen LogP contribution >= 0.6 is 11.6 Å². The zero-order valence-corrected chi connectivity index (χ0v) is 14.7. The third-order valence-electron chi connectivity index (χ3n) is 4.10. The van der Waals surface area contributed by atoms with Crippen molar-refractivity contribution in [1.29, 1.82) is 0 Å². The minimum absolute atomic E-state index is 0.132. The van der Waals surface area contributed by atoms with Crippen molar-refractivity contribution in [2.75, 3.05) is 18.8 Å². The van der Waals surface area contributed by atoms with E-state index in [-0.39, 0.29) is 15.7 Å². The van der Waals surface area contributed by atoms with E-state index in [2.05, 4.69) is 15.2 Å². The summed E-state index contributed by atoms with van der Waals surface area (Å²) >= 11 is 6.23. The van der Waals surface area contributed by atoms with E-state index in [1.807, 2.05) is 0 Å². The maximum absolute atomic E-state index is 13.0. The first-order valence-electron chi connectivity index (χ1n) is 7.46. The molecule has 1 saturated heterocycles. The number of aromatic nitrogens is 3. The molecule has 0 bridgehead atoms. The molecule has 1 fully saturated rings. The lowest BCUT2D eigenvalue weighted by Gasteiger charge is -2.37. The Bertz CT molecular complexity index is 1120. The second kappa shape index (κ2) is 5.60. The van der Waals surface area contributed by atoms with Crippen LogP contribution in [0.5, 0.6) is 0 Å². The Morgan fingerprint density at radius 1 is 1.23 bits per heavy atom. The van der Waals surface area contributed by atoms with E-state index < -0.39 is 29.0 Å². The molecular formula is C15H12ClF2N5O2S. The predicted molar refractivity (Wildman–Crippen MR) is 92.5 cm³/mol. The van der Waals surface area contributed by atoms with Crippen molar-refractivity contribution in [3.05, 3.63) is 35.4 Å². The number of rotatable bonds is 3. The van der Waals surface area contributed by atoms with E-state index in [1.54, 1.807) is 12.1 Å². The number of nitrogen functional groups attached to an aromatic ring is 1. The molecule has 3 aromatic rings.